The third-order valence-corrected chi connectivity index (χ3v) is 3.11. The van der Waals surface area contributed by atoms with Crippen molar-refractivity contribution in [3.8, 4) is 0 Å². The molecule has 1 N–H and O–H groups in total. The van der Waals surface area contributed by atoms with E-state index in [0.29, 0.717) is 6.54 Å². The highest BCUT2D eigenvalue weighted by Gasteiger charge is 2.18. The summed E-state index contributed by atoms with van der Waals surface area (Å²) in [6, 6.07) is 0.244. The van der Waals surface area contributed by atoms with Crippen LogP contribution in [0.1, 0.15) is 33.6 Å². The van der Waals surface area contributed by atoms with Crippen molar-refractivity contribution in [3.63, 3.8) is 0 Å². The van der Waals surface area contributed by atoms with Crippen LogP contribution in [0.15, 0.2) is 0 Å². The van der Waals surface area contributed by atoms with E-state index < -0.39 is 0 Å². The van der Waals surface area contributed by atoms with E-state index in [1.54, 1.807) is 0 Å². The van der Waals surface area contributed by atoms with Gasteiger partial charge in [0.25, 0.3) is 0 Å². The lowest BCUT2D eigenvalue weighted by atomic mass is 10.2. The van der Waals surface area contributed by atoms with Crippen molar-refractivity contribution in [1.29, 1.82) is 0 Å². The van der Waals surface area contributed by atoms with Crippen molar-refractivity contribution in [2.24, 2.45) is 0 Å². The summed E-state index contributed by atoms with van der Waals surface area (Å²) in [5.41, 5.74) is 0. The molecule has 0 aromatic rings. The van der Waals surface area contributed by atoms with E-state index in [2.05, 4.69) is 22.0 Å². The average Bonchev–Trinajstić information content (AvgIpc) is 2.27. The smallest absolute Gasteiger partial charge is 0.234 e. The van der Waals surface area contributed by atoms with Gasteiger partial charge >= 0.3 is 0 Å². The topological polar surface area (TPSA) is 35.6 Å². The summed E-state index contributed by atoms with van der Waals surface area (Å²) in [6.07, 6.45) is 2.55. The number of rotatable bonds is 6. The van der Waals surface area contributed by atoms with Crippen LogP contribution in [0.2, 0.25) is 0 Å². The fourth-order valence-electron chi connectivity index (χ4n) is 2.12. The molecule has 0 unspecified atom stereocenters. The molecule has 0 aromatic heterocycles. The summed E-state index contributed by atoms with van der Waals surface area (Å²) < 4.78 is 0. The molecule has 4 nitrogen and oxygen atoms in total. The molecule has 1 aliphatic heterocycles. The maximum Gasteiger partial charge on any atom is 0.234 e. The zero-order valence-electron chi connectivity index (χ0n) is 11.5. The van der Waals surface area contributed by atoms with Crippen molar-refractivity contribution < 1.29 is 4.79 Å². The molecule has 0 spiro atoms. The minimum atomic E-state index is 0.155. The molecule has 0 aliphatic carbocycles. The zero-order valence-corrected chi connectivity index (χ0v) is 11.5. The van der Waals surface area contributed by atoms with Gasteiger partial charge in [0.15, 0.2) is 0 Å². The average molecular weight is 241 g/mol. The molecule has 0 radical (unpaired) electrons. The van der Waals surface area contributed by atoms with Gasteiger partial charge in [-0.05, 0) is 26.8 Å². The van der Waals surface area contributed by atoms with E-state index in [9.17, 15) is 4.79 Å². The maximum atomic E-state index is 11.6. The molecule has 1 heterocycles. The number of piperazine rings is 1. The standard InChI is InChI=1S/C13H27N3O/c1-4-5-6-15-7-9-16(10-8-15)11-13(17)14-12(2)3/h12H,4-11H2,1-3H3,(H,14,17). The second-order valence-corrected chi connectivity index (χ2v) is 5.19. The Balaban J connectivity index is 2.16. The van der Waals surface area contributed by atoms with Crippen molar-refractivity contribution in [2.45, 2.75) is 39.7 Å². The van der Waals surface area contributed by atoms with Gasteiger partial charge < -0.3 is 10.2 Å². The van der Waals surface area contributed by atoms with Crippen molar-refractivity contribution in [3.05, 3.63) is 0 Å². The Kier molecular flexibility index (Phi) is 6.52. The SMILES string of the molecule is CCCCN1CCN(CC(=O)NC(C)C)CC1. The minimum absolute atomic E-state index is 0.155. The highest BCUT2D eigenvalue weighted by molar-refractivity contribution is 5.78. The van der Waals surface area contributed by atoms with Gasteiger partial charge in [0.05, 0.1) is 6.54 Å². The Labute approximate surface area is 105 Å². The Morgan fingerprint density at radius 3 is 2.29 bits per heavy atom. The molecule has 17 heavy (non-hydrogen) atoms. The summed E-state index contributed by atoms with van der Waals surface area (Å²) in [5.74, 6) is 0.155. The molecule has 1 saturated heterocycles. The van der Waals surface area contributed by atoms with Gasteiger partial charge in [-0.2, -0.15) is 0 Å². The van der Waals surface area contributed by atoms with Crippen LogP contribution in [0, 0.1) is 0 Å². The van der Waals surface area contributed by atoms with E-state index in [1.165, 1.54) is 19.4 Å². The summed E-state index contributed by atoms with van der Waals surface area (Å²) in [5, 5.41) is 2.94. The predicted molar refractivity (Wildman–Crippen MR) is 71.1 cm³/mol. The number of carbonyl (C=O) groups excluding carboxylic acids is 1. The first-order chi connectivity index (χ1) is 8.11. The summed E-state index contributed by atoms with van der Waals surface area (Å²) >= 11 is 0. The molecule has 1 aliphatic rings. The number of carbonyl (C=O) groups is 1. The highest BCUT2D eigenvalue weighted by Crippen LogP contribution is 2.03. The highest BCUT2D eigenvalue weighted by atomic mass is 16.2. The number of hydrogen-bond donors (Lipinski definition) is 1. The first-order valence-electron chi connectivity index (χ1n) is 6.86. The van der Waals surface area contributed by atoms with Crippen LogP contribution in [0.3, 0.4) is 0 Å². The molecule has 0 atom stereocenters. The molecule has 0 bridgehead atoms. The van der Waals surface area contributed by atoms with Gasteiger partial charge in [-0.3, -0.25) is 9.69 Å². The van der Waals surface area contributed by atoms with Crippen LogP contribution in [0.5, 0.6) is 0 Å². The quantitative estimate of drug-likeness (QED) is 0.751. The lowest BCUT2D eigenvalue weighted by Crippen LogP contribution is -2.50. The van der Waals surface area contributed by atoms with E-state index in [4.69, 9.17) is 0 Å². The van der Waals surface area contributed by atoms with Crippen LogP contribution in [-0.4, -0.2) is 61.0 Å². The van der Waals surface area contributed by atoms with Crippen LogP contribution in [0.25, 0.3) is 0 Å². The molecular weight excluding hydrogens is 214 g/mol. The molecule has 1 fully saturated rings. The monoisotopic (exact) mass is 241 g/mol. The molecule has 1 amide bonds. The second kappa shape index (κ2) is 7.67. The lowest BCUT2D eigenvalue weighted by molar-refractivity contribution is -0.123. The van der Waals surface area contributed by atoms with Gasteiger partial charge in [0.1, 0.15) is 0 Å². The van der Waals surface area contributed by atoms with Crippen LogP contribution >= 0.6 is 0 Å². The first kappa shape index (κ1) is 14.5. The molecule has 100 valence electrons. The van der Waals surface area contributed by atoms with Gasteiger partial charge in [-0.25, -0.2) is 0 Å². The van der Waals surface area contributed by atoms with Gasteiger partial charge in [0.2, 0.25) is 5.91 Å². The molecule has 0 saturated carbocycles. The number of nitrogens with one attached hydrogen (secondary N) is 1. The van der Waals surface area contributed by atoms with Crippen molar-refractivity contribution >= 4 is 5.91 Å². The Bertz CT molecular complexity index is 223. The number of nitrogens with zero attached hydrogens (tertiary/aromatic N) is 2. The first-order valence-corrected chi connectivity index (χ1v) is 6.86. The number of hydrogen-bond acceptors (Lipinski definition) is 3. The van der Waals surface area contributed by atoms with Crippen LogP contribution < -0.4 is 5.32 Å². The Morgan fingerprint density at radius 2 is 1.76 bits per heavy atom. The summed E-state index contributed by atoms with van der Waals surface area (Å²) in [6.45, 7) is 12.3. The zero-order chi connectivity index (χ0) is 12.7. The summed E-state index contributed by atoms with van der Waals surface area (Å²) in [7, 11) is 0. The predicted octanol–water partition coefficient (Wildman–Crippen LogP) is 0.929. The van der Waals surface area contributed by atoms with Gasteiger partial charge in [-0.1, -0.05) is 13.3 Å². The van der Waals surface area contributed by atoms with Crippen LogP contribution in [0.4, 0.5) is 0 Å². The maximum absolute atomic E-state index is 11.6. The fourth-order valence-corrected chi connectivity index (χ4v) is 2.12. The van der Waals surface area contributed by atoms with E-state index in [0.717, 1.165) is 26.2 Å². The fraction of sp³-hybridized carbons (Fsp3) is 0.923. The largest absolute Gasteiger partial charge is 0.353 e. The normalized spacial score (nSPS) is 18.6. The Morgan fingerprint density at radius 1 is 1.18 bits per heavy atom. The number of unbranched alkanes of at least 4 members (excludes halogenated alkanes) is 1. The number of amides is 1. The van der Waals surface area contributed by atoms with Crippen molar-refractivity contribution in [1.82, 2.24) is 15.1 Å². The molecule has 0 aromatic carbocycles. The van der Waals surface area contributed by atoms with E-state index in [1.807, 2.05) is 13.8 Å². The summed E-state index contributed by atoms with van der Waals surface area (Å²) in [4.78, 5) is 16.4. The Hall–Kier alpha value is -0.610. The van der Waals surface area contributed by atoms with Gasteiger partial charge in [0, 0.05) is 32.2 Å². The van der Waals surface area contributed by atoms with Crippen LogP contribution in [-0.2, 0) is 4.79 Å². The molecule has 1 rings (SSSR count). The second-order valence-electron chi connectivity index (χ2n) is 5.19. The van der Waals surface area contributed by atoms with E-state index >= 15 is 0 Å². The third kappa shape index (κ3) is 6.03. The molecule has 4 heteroatoms. The van der Waals surface area contributed by atoms with Crippen molar-refractivity contribution in [2.75, 3.05) is 39.3 Å². The van der Waals surface area contributed by atoms with Gasteiger partial charge in [-0.15, -0.1) is 0 Å². The third-order valence-electron chi connectivity index (χ3n) is 3.11. The van der Waals surface area contributed by atoms with E-state index in [-0.39, 0.29) is 11.9 Å². The minimum Gasteiger partial charge on any atom is -0.353 e. The molecular formula is C13H27N3O. The lowest BCUT2D eigenvalue weighted by Gasteiger charge is -2.34.